The molecule has 0 spiro atoms. The van der Waals surface area contributed by atoms with Crippen LogP contribution in [0, 0.1) is 0 Å². The number of aromatic nitrogens is 2. The van der Waals surface area contributed by atoms with E-state index in [1.54, 1.807) is 25.1 Å². The number of nitrogens with zero attached hydrogens (tertiary/aromatic N) is 2. The van der Waals surface area contributed by atoms with Crippen molar-refractivity contribution in [3.8, 4) is 11.5 Å². The van der Waals surface area contributed by atoms with E-state index in [1.165, 1.54) is 0 Å². The Labute approximate surface area is 118 Å². The summed E-state index contributed by atoms with van der Waals surface area (Å²) in [4.78, 5) is 0. The molecule has 0 aliphatic heterocycles. The molecule has 1 heterocycles. The fraction of sp³-hybridized carbons (Fsp3) is 0.357. The third-order valence-corrected chi connectivity index (χ3v) is 3.30. The maximum atomic E-state index is 5.69. The SMILES string of the molecule is COc1ccc(CC(NN)c2c(OC)cnn2C)cc1. The van der Waals surface area contributed by atoms with Gasteiger partial charge in [0.2, 0.25) is 0 Å². The van der Waals surface area contributed by atoms with Crippen molar-refractivity contribution >= 4 is 0 Å². The Hall–Kier alpha value is -2.05. The van der Waals surface area contributed by atoms with E-state index in [0.29, 0.717) is 0 Å². The molecule has 108 valence electrons. The highest BCUT2D eigenvalue weighted by Gasteiger charge is 2.20. The highest BCUT2D eigenvalue weighted by molar-refractivity contribution is 5.32. The van der Waals surface area contributed by atoms with Gasteiger partial charge in [-0.15, -0.1) is 0 Å². The van der Waals surface area contributed by atoms with Gasteiger partial charge in [0.1, 0.15) is 5.75 Å². The second-order valence-electron chi connectivity index (χ2n) is 4.49. The molecule has 2 aromatic rings. The fourth-order valence-corrected chi connectivity index (χ4v) is 2.21. The van der Waals surface area contributed by atoms with Gasteiger partial charge in [0.25, 0.3) is 0 Å². The highest BCUT2D eigenvalue weighted by atomic mass is 16.5. The Bertz CT molecular complexity index is 551. The first-order valence-corrected chi connectivity index (χ1v) is 6.34. The molecule has 2 rings (SSSR count). The van der Waals surface area contributed by atoms with Gasteiger partial charge in [0, 0.05) is 7.05 Å². The number of nitrogens with one attached hydrogen (secondary N) is 1. The van der Waals surface area contributed by atoms with Gasteiger partial charge >= 0.3 is 0 Å². The van der Waals surface area contributed by atoms with E-state index in [1.807, 2.05) is 31.3 Å². The zero-order chi connectivity index (χ0) is 14.5. The molecule has 1 aromatic carbocycles. The Morgan fingerprint density at radius 2 is 1.95 bits per heavy atom. The van der Waals surface area contributed by atoms with E-state index in [4.69, 9.17) is 15.3 Å². The van der Waals surface area contributed by atoms with Crippen molar-refractivity contribution in [1.82, 2.24) is 15.2 Å². The minimum atomic E-state index is -0.0779. The predicted octanol–water partition coefficient (Wildman–Crippen LogP) is 1.18. The smallest absolute Gasteiger partial charge is 0.161 e. The van der Waals surface area contributed by atoms with Crippen LogP contribution in [-0.4, -0.2) is 24.0 Å². The molecule has 0 aliphatic rings. The summed E-state index contributed by atoms with van der Waals surface area (Å²) in [5.74, 6) is 7.25. The molecule has 3 N–H and O–H groups in total. The minimum Gasteiger partial charge on any atom is -0.497 e. The van der Waals surface area contributed by atoms with Gasteiger partial charge in [-0.3, -0.25) is 16.0 Å². The van der Waals surface area contributed by atoms with E-state index in [0.717, 1.165) is 29.2 Å². The predicted molar refractivity (Wildman–Crippen MR) is 76.5 cm³/mol. The molecule has 1 unspecified atom stereocenters. The van der Waals surface area contributed by atoms with Crippen LogP contribution in [0.25, 0.3) is 0 Å². The van der Waals surface area contributed by atoms with E-state index in [-0.39, 0.29) is 6.04 Å². The third kappa shape index (κ3) is 2.92. The van der Waals surface area contributed by atoms with Crippen molar-refractivity contribution in [2.45, 2.75) is 12.5 Å². The Balaban J connectivity index is 2.21. The van der Waals surface area contributed by atoms with Gasteiger partial charge in [-0.05, 0) is 24.1 Å². The summed E-state index contributed by atoms with van der Waals surface area (Å²) in [6.07, 6.45) is 2.42. The molecular formula is C14H20N4O2. The maximum absolute atomic E-state index is 5.69. The molecule has 1 aromatic heterocycles. The van der Waals surface area contributed by atoms with E-state index in [9.17, 15) is 0 Å². The first-order valence-electron chi connectivity index (χ1n) is 6.34. The highest BCUT2D eigenvalue weighted by Crippen LogP contribution is 2.26. The fourth-order valence-electron chi connectivity index (χ4n) is 2.21. The van der Waals surface area contributed by atoms with E-state index >= 15 is 0 Å². The Morgan fingerprint density at radius 1 is 1.25 bits per heavy atom. The van der Waals surface area contributed by atoms with Crippen LogP contribution in [0.2, 0.25) is 0 Å². The van der Waals surface area contributed by atoms with Crippen LogP contribution in [-0.2, 0) is 13.5 Å². The molecule has 6 heteroatoms. The molecule has 0 amide bonds. The van der Waals surface area contributed by atoms with Gasteiger partial charge in [-0.25, -0.2) is 0 Å². The summed E-state index contributed by atoms with van der Waals surface area (Å²) in [6, 6.07) is 7.83. The number of nitrogens with two attached hydrogens (primary N) is 1. The molecule has 0 radical (unpaired) electrons. The Kier molecular flexibility index (Phi) is 4.60. The van der Waals surface area contributed by atoms with Crippen molar-refractivity contribution < 1.29 is 9.47 Å². The molecule has 0 fully saturated rings. The van der Waals surface area contributed by atoms with Crippen LogP contribution >= 0.6 is 0 Å². The largest absolute Gasteiger partial charge is 0.497 e. The normalized spacial score (nSPS) is 12.2. The van der Waals surface area contributed by atoms with Crippen LogP contribution in [0.15, 0.2) is 30.5 Å². The molecule has 0 saturated carbocycles. The molecule has 6 nitrogen and oxygen atoms in total. The molecule has 0 aliphatic carbocycles. The molecule has 1 atom stereocenters. The summed E-state index contributed by atoms with van der Waals surface area (Å²) in [7, 11) is 5.15. The third-order valence-electron chi connectivity index (χ3n) is 3.30. The number of ether oxygens (including phenoxy) is 2. The topological polar surface area (TPSA) is 74.3 Å². The lowest BCUT2D eigenvalue weighted by Gasteiger charge is -2.18. The second kappa shape index (κ2) is 6.40. The lowest BCUT2D eigenvalue weighted by Crippen LogP contribution is -2.31. The van der Waals surface area contributed by atoms with E-state index in [2.05, 4.69) is 10.5 Å². The second-order valence-corrected chi connectivity index (χ2v) is 4.49. The standard InChI is InChI=1S/C14H20N4O2/c1-18-14(13(20-3)9-16-18)12(17-15)8-10-4-6-11(19-2)7-5-10/h4-7,9,12,17H,8,15H2,1-3H3. The number of aryl methyl sites for hydroxylation is 1. The zero-order valence-electron chi connectivity index (χ0n) is 12.0. The number of rotatable bonds is 6. The molecule has 20 heavy (non-hydrogen) atoms. The first-order chi connectivity index (χ1) is 9.69. The lowest BCUT2D eigenvalue weighted by molar-refractivity contribution is 0.393. The summed E-state index contributed by atoms with van der Waals surface area (Å²) in [5, 5.41) is 4.20. The summed E-state index contributed by atoms with van der Waals surface area (Å²) in [5.41, 5.74) is 4.90. The summed E-state index contributed by atoms with van der Waals surface area (Å²) in [6.45, 7) is 0. The van der Waals surface area contributed by atoms with Crippen molar-refractivity contribution in [3.63, 3.8) is 0 Å². The summed E-state index contributed by atoms with van der Waals surface area (Å²) >= 11 is 0. The van der Waals surface area contributed by atoms with Crippen molar-refractivity contribution in [2.24, 2.45) is 12.9 Å². The average molecular weight is 276 g/mol. The van der Waals surface area contributed by atoms with Crippen LogP contribution in [0.1, 0.15) is 17.3 Å². The quantitative estimate of drug-likeness (QED) is 0.612. The van der Waals surface area contributed by atoms with Crippen molar-refractivity contribution in [1.29, 1.82) is 0 Å². The molecular weight excluding hydrogens is 256 g/mol. The van der Waals surface area contributed by atoms with Crippen LogP contribution < -0.4 is 20.7 Å². The van der Waals surface area contributed by atoms with Gasteiger partial charge in [-0.1, -0.05) is 12.1 Å². The lowest BCUT2D eigenvalue weighted by atomic mass is 10.0. The van der Waals surface area contributed by atoms with Crippen LogP contribution in [0.3, 0.4) is 0 Å². The monoisotopic (exact) mass is 276 g/mol. The average Bonchev–Trinajstić information content (AvgIpc) is 2.86. The molecule has 0 saturated heterocycles. The summed E-state index contributed by atoms with van der Waals surface area (Å²) < 4.78 is 12.2. The van der Waals surface area contributed by atoms with Gasteiger partial charge in [-0.2, -0.15) is 5.10 Å². The number of hydrazine groups is 1. The van der Waals surface area contributed by atoms with Crippen LogP contribution in [0.4, 0.5) is 0 Å². The van der Waals surface area contributed by atoms with Crippen molar-refractivity contribution in [2.75, 3.05) is 14.2 Å². The molecule has 0 bridgehead atoms. The van der Waals surface area contributed by atoms with E-state index < -0.39 is 0 Å². The minimum absolute atomic E-state index is 0.0779. The van der Waals surface area contributed by atoms with Gasteiger partial charge in [0.05, 0.1) is 32.2 Å². The Morgan fingerprint density at radius 3 is 2.50 bits per heavy atom. The van der Waals surface area contributed by atoms with Crippen molar-refractivity contribution in [3.05, 3.63) is 41.7 Å². The number of hydrogen-bond donors (Lipinski definition) is 2. The van der Waals surface area contributed by atoms with Gasteiger partial charge in [0.15, 0.2) is 5.75 Å². The number of methoxy groups -OCH3 is 2. The number of benzene rings is 1. The zero-order valence-corrected chi connectivity index (χ0v) is 12.0. The van der Waals surface area contributed by atoms with Gasteiger partial charge < -0.3 is 9.47 Å². The number of hydrogen-bond acceptors (Lipinski definition) is 5. The van der Waals surface area contributed by atoms with Crippen LogP contribution in [0.5, 0.6) is 11.5 Å². The first kappa shape index (κ1) is 14.4. The maximum Gasteiger partial charge on any atom is 0.161 e.